The first-order chi connectivity index (χ1) is 11.3. The molecule has 0 saturated carbocycles. The number of carbonyl (C=O) groups is 1. The third-order valence-electron chi connectivity index (χ3n) is 3.68. The number of hydrogen-bond acceptors (Lipinski definition) is 4. The Hall–Kier alpha value is -1.55. The van der Waals surface area contributed by atoms with Crippen molar-refractivity contribution in [1.82, 2.24) is 0 Å². The minimum atomic E-state index is -0.423. The van der Waals surface area contributed by atoms with Gasteiger partial charge in [0.05, 0.1) is 18.8 Å². The molecule has 0 aliphatic rings. The zero-order chi connectivity index (χ0) is 16.8. The number of rotatable bonds is 13. The van der Waals surface area contributed by atoms with Crippen LogP contribution >= 0.6 is 0 Å². The summed E-state index contributed by atoms with van der Waals surface area (Å²) in [6.45, 7) is 2.81. The Morgan fingerprint density at radius 3 is 2.13 bits per heavy atom. The lowest BCUT2D eigenvalue weighted by molar-refractivity contribution is 0.0433. The molecule has 0 heterocycles. The number of aliphatic hydroxyl groups excluding tert-OH is 1. The summed E-state index contributed by atoms with van der Waals surface area (Å²) in [5.74, 6) is 0.348. The van der Waals surface area contributed by atoms with Gasteiger partial charge >= 0.3 is 5.97 Å². The van der Waals surface area contributed by atoms with Gasteiger partial charge in [-0.3, -0.25) is 0 Å². The Bertz CT molecular complexity index is 414. The van der Waals surface area contributed by atoms with Crippen LogP contribution in [0.5, 0.6) is 5.75 Å². The molecule has 1 N–H and O–H groups in total. The van der Waals surface area contributed by atoms with Crippen molar-refractivity contribution in [3.05, 3.63) is 29.8 Å². The van der Waals surface area contributed by atoms with Crippen LogP contribution in [-0.4, -0.2) is 30.9 Å². The second kappa shape index (κ2) is 12.9. The Kier molecular flexibility index (Phi) is 11.0. The quantitative estimate of drug-likeness (QED) is 0.433. The predicted molar refractivity (Wildman–Crippen MR) is 91.9 cm³/mol. The summed E-state index contributed by atoms with van der Waals surface area (Å²) in [5, 5.41) is 8.62. The summed E-state index contributed by atoms with van der Waals surface area (Å²) in [7, 11) is 0. The van der Waals surface area contributed by atoms with E-state index < -0.39 is 5.97 Å². The maximum Gasteiger partial charge on any atom is 0.338 e. The van der Waals surface area contributed by atoms with E-state index >= 15 is 0 Å². The number of benzene rings is 1. The van der Waals surface area contributed by atoms with E-state index in [0.717, 1.165) is 12.2 Å². The topological polar surface area (TPSA) is 55.8 Å². The van der Waals surface area contributed by atoms with Crippen LogP contribution in [0.25, 0.3) is 0 Å². The third kappa shape index (κ3) is 9.24. The fraction of sp³-hybridized carbons (Fsp3) is 0.632. The molecule has 0 spiro atoms. The Labute approximate surface area is 139 Å². The van der Waals surface area contributed by atoms with Gasteiger partial charge < -0.3 is 14.6 Å². The van der Waals surface area contributed by atoms with Gasteiger partial charge in [0.2, 0.25) is 0 Å². The molecule has 23 heavy (non-hydrogen) atoms. The maximum atomic E-state index is 11.6. The zero-order valence-electron chi connectivity index (χ0n) is 14.3. The molecule has 0 bridgehead atoms. The molecule has 0 aliphatic carbocycles. The van der Waals surface area contributed by atoms with Crippen LogP contribution in [0.2, 0.25) is 0 Å². The highest BCUT2D eigenvalue weighted by atomic mass is 16.5. The van der Waals surface area contributed by atoms with Crippen molar-refractivity contribution >= 4 is 5.97 Å². The molecule has 0 aliphatic heterocycles. The molecule has 4 nitrogen and oxygen atoms in total. The van der Waals surface area contributed by atoms with Crippen molar-refractivity contribution in [2.75, 3.05) is 19.8 Å². The lowest BCUT2D eigenvalue weighted by Gasteiger charge is -2.07. The van der Waals surface area contributed by atoms with Gasteiger partial charge in [0.15, 0.2) is 0 Å². The summed E-state index contributed by atoms with van der Waals surface area (Å²) < 4.78 is 10.5. The minimum absolute atomic E-state index is 0.0233. The molecule has 0 radical (unpaired) electrons. The Balaban J connectivity index is 2.10. The maximum absolute atomic E-state index is 11.6. The second-order valence-corrected chi connectivity index (χ2v) is 5.71. The van der Waals surface area contributed by atoms with Gasteiger partial charge in [-0.1, -0.05) is 51.9 Å². The largest absolute Gasteiger partial charge is 0.494 e. The number of hydrogen-bond donors (Lipinski definition) is 1. The van der Waals surface area contributed by atoms with Gasteiger partial charge in [0.1, 0.15) is 12.4 Å². The van der Waals surface area contributed by atoms with E-state index in [2.05, 4.69) is 6.92 Å². The predicted octanol–water partition coefficient (Wildman–Crippen LogP) is 4.36. The van der Waals surface area contributed by atoms with Gasteiger partial charge in [0.25, 0.3) is 0 Å². The van der Waals surface area contributed by atoms with Crippen molar-refractivity contribution in [2.24, 2.45) is 0 Å². The molecule has 0 amide bonds. The highest BCUT2D eigenvalue weighted by Crippen LogP contribution is 2.14. The lowest BCUT2D eigenvalue weighted by Crippen LogP contribution is -2.08. The van der Waals surface area contributed by atoms with Crippen molar-refractivity contribution < 1.29 is 19.4 Å². The SMILES string of the molecule is CCCCCCCCCCOc1ccc(C(=O)OCCO)cc1. The summed E-state index contributed by atoms with van der Waals surface area (Å²) in [6, 6.07) is 6.92. The van der Waals surface area contributed by atoms with Crippen LogP contribution in [0.3, 0.4) is 0 Å². The fourth-order valence-corrected chi connectivity index (χ4v) is 2.33. The van der Waals surface area contributed by atoms with Crippen molar-refractivity contribution in [1.29, 1.82) is 0 Å². The van der Waals surface area contributed by atoms with E-state index in [1.807, 2.05) is 0 Å². The molecule has 0 saturated heterocycles. The first-order valence-electron chi connectivity index (χ1n) is 8.78. The summed E-state index contributed by atoms with van der Waals surface area (Å²) in [5.41, 5.74) is 0.470. The molecule has 1 rings (SSSR count). The van der Waals surface area contributed by atoms with Crippen LogP contribution in [0.1, 0.15) is 68.6 Å². The monoisotopic (exact) mass is 322 g/mol. The lowest BCUT2D eigenvalue weighted by atomic mass is 10.1. The summed E-state index contributed by atoms with van der Waals surface area (Å²) in [4.78, 5) is 11.6. The number of esters is 1. The summed E-state index contributed by atoms with van der Waals surface area (Å²) in [6.07, 6.45) is 10.2. The van der Waals surface area contributed by atoms with Crippen molar-refractivity contribution in [2.45, 2.75) is 58.3 Å². The average Bonchev–Trinajstić information content (AvgIpc) is 2.58. The average molecular weight is 322 g/mol. The van der Waals surface area contributed by atoms with Gasteiger partial charge in [-0.25, -0.2) is 4.79 Å². The molecule has 0 aromatic heterocycles. The molecular formula is C19H30O4. The Morgan fingerprint density at radius 1 is 0.913 bits per heavy atom. The van der Waals surface area contributed by atoms with Crippen molar-refractivity contribution in [3.8, 4) is 5.75 Å². The van der Waals surface area contributed by atoms with Crippen LogP contribution in [-0.2, 0) is 4.74 Å². The normalized spacial score (nSPS) is 10.5. The zero-order valence-corrected chi connectivity index (χ0v) is 14.3. The van der Waals surface area contributed by atoms with Gasteiger partial charge in [-0.15, -0.1) is 0 Å². The second-order valence-electron chi connectivity index (χ2n) is 5.71. The first kappa shape index (κ1) is 19.5. The van der Waals surface area contributed by atoms with Crippen LogP contribution < -0.4 is 4.74 Å². The smallest absolute Gasteiger partial charge is 0.338 e. The van der Waals surface area contributed by atoms with E-state index in [-0.39, 0.29) is 13.2 Å². The van der Waals surface area contributed by atoms with E-state index in [0.29, 0.717) is 12.2 Å². The van der Waals surface area contributed by atoms with Crippen LogP contribution in [0.4, 0.5) is 0 Å². The highest BCUT2D eigenvalue weighted by molar-refractivity contribution is 5.89. The van der Waals surface area contributed by atoms with E-state index in [9.17, 15) is 4.79 Å². The van der Waals surface area contributed by atoms with Gasteiger partial charge in [-0.2, -0.15) is 0 Å². The van der Waals surface area contributed by atoms with Gasteiger partial charge in [-0.05, 0) is 30.7 Å². The molecular weight excluding hydrogens is 292 g/mol. The van der Waals surface area contributed by atoms with E-state index in [1.165, 1.54) is 44.9 Å². The van der Waals surface area contributed by atoms with E-state index in [4.69, 9.17) is 14.6 Å². The first-order valence-corrected chi connectivity index (χ1v) is 8.78. The Morgan fingerprint density at radius 2 is 1.52 bits per heavy atom. The molecule has 0 unspecified atom stereocenters. The molecule has 130 valence electrons. The third-order valence-corrected chi connectivity index (χ3v) is 3.68. The number of aliphatic hydroxyl groups is 1. The fourth-order valence-electron chi connectivity index (χ4n) is 2.33. The van der Waals surface area contributed by atoms with Gasteiger partial charge in [0, 0.05) is 0 Å². The minimum Gasteiger partial charge on any atom is -0.494 e. The molecule has 1 aromatic rings. The van der Waals surface area contributed by atoms with Crippen LogP contribution in [0, 0.1) is 0 Å². The number of unbranched alkanes of at least 4 members (excludes halogenated alkanes) is 7. The molecule has 0 fully saturated rings. The van der Waals surface area contributed by atoms with E-state index in [1.54, 1.807) is 24.3 Å². The van der Waals surface area contributed by atoms with Crippen molar-refractivity contribution in [3.63, 3.8) is 0 Å². The molecule has 4 heteroatoms. The van der Waals surface area contributed by atoms with Crippen LogP contribution in [0.15, 0.2) is 24.3 Å². The number of ether oxygens (including phenoxy) is 2. The standard InChI is InChI=1S/C19H30O4/c1-2-3-4-5-6-7-8-9-15-22-18-12-10-17(11-13-18)19(21)23-16-14-20/h10-13,20H,2-9,14-16H2,1H3. The highest BCUT2D eigenvalue weighted by Gasteiger charge is 2.06. The summed E-state index contributed by atoms with van der Waals surface area (Å²) >= 11 is 0. The molecule has 0 atom stereocenters. The number of carbonyl (C=O) groups excluding carboxylic acids is 1. The molecule has 1 aromatic carbocycles.